The van der Waals surface area contributed by atoms with E-state index >= 15 is 0 Å². The van der Waals surface area contributed by atoms with Gasteiger partial charge in [0.05, 0.1) is 11.8 Å². The number of aliphatic carboxylic acids is 1. The minimum atomic E-state index is -0.868. The molecule has 0 unspecified atom stereocenters. The van der Waals surface area contributed by atoms with Gasteiger partial charge in [0, 0.05) is 12.6 Å². The van der Waals surface area contributed by atoms with Crippen LogP contribution in [0.5, 0.6) is 0 Å². The molecule has 1 N–H and O–H groups in total. The molecule has 1 saturated carbocycles. The van der Waals surface area contributed by atoms with Gasteiger partial charge in [-0.15, -0.1) is 6.58 Å². The number of rotatable bonds is 5. The lowest BCUT2D eigenvalue weighted by Crippen LogP contribution is -2.43. The van der Waals surface area contributed by atoms with Crippen molar-refractivity contribution >= 4 is 11.9 Å². The molecular weight excluding hydrogens is 230 g/mol. The molecule has 4 heteroatoms. The number of amides is 1. The van der Waals surface area contributed by atoms with Gasteiger partial charge in [0.2, 0.25) is 5.91 Å². The second-order valence-electron chi connectivity index (χ2n) is 5.00. The minimum Gasteiger partial charge on any atom is -0.481 e. The van der Waals surface area contributed by atoms with Crippen molar-refractivity contribution in [3.8, 4) is 0 Å². The Hall–Kier alpha value is -1.58. The maximum atomic E-state index is 12.5. The summed E-state index contributed by atoms with van der Waals surface area (Å²) in [5.74, 6) is -1.87. The first-order chi connectivity index (χ1) is 8.65. The van der Waals surface area contributed by atoms with Gasteiger partial charge in [0.25, 0.3) is 0 Å². The maximum absolute atomic E-state index is 12.5. The molecule has 0 heterocycles. The van der Waals surface area contributed by atoms with Gasteiger partial charge >= 0.3 is 5.97 Å². The molecule has 0 radical (unpaired) electrons. The van der Waals surface area contributed by atoms with Crippen molar-refractivity contribution < 1.29 is 14.7 Å². The van der Waals surface area contributed by atoms with Gasteiger partial charge in [0.15, 0.2) is 0 Å². The van der Waals surface area contributed by atoms with Crippen molar-refractivity contribution in [2.24, 2.45) is 11.8 Å². The minimum absolute atomic E-state index is 0.0193. The third kappa shape index (κ3) is 2.63. The molecule has 0 bridgehead atoms. The summed E-state index contributed by atoms with van der Waals surface area (Å²) in [6, 6.07) is 0.302. The standard InChI is InChI=1S/C14H19NO3/c1-2-9-15(10-7-8-10)13(16)11-5-3-4-6-12(11)14(17)18/h2-4,10-12H,1,5-9H2,(H,17,18)/t11-,12+/m1/s1. The third-order valence-electron chi connectivity index (χ3n) is 3.66. The van der Waals surface area contributed by atoms with E-state index in [9.17, 15) is 14.7 Å². The van der Waals surface area contributed by atoms with E-state index in [-0.39, 0.29) is 5.91 Å². The highest BCUT2D eigenvalue weighted by atomic mass is 16.4. The summed E-state index contributed by atoms with van der Waals surface area (Å²) < 4.78 is 0. The van der Waals surface area contributed by atoms with E-state index in [0.717, 1.165) is 12.8 Å². The molecule has 0 saturated heterocycles. The fraction of sp³-hybridized carbons (Fsp3) is 0.571. The van der Waals surface area contributed by atoms with Gasteiger partial charge in [-0.2, -0.15) is 0 Å². The van der Waals surface area contributed by atoms with Gasteiger partial charge in [-0.3, -0.25) is 9.59 Å². The highest BCUT2D eigenvalue weighted by molar-refractivity contribution is 5.85. The van der Waals surface area contributed by atoms with E-state index in [0.29, 0.717) is 25.4 Å². The number of hydrogen-bond acceptors (Lipinski definition) is 2. The van der Waals surface area contributed by atoms with E-state index < -0.39 is 17.8 Å². The number of carboxylic acids is 1. The maximum Gasteiger partial charge on any atom is 0.307 e. The van der Waals surface area contributed by atoms with Crippen molar-refractivity contribution in [2.75, 3.05) is 6.54 Å². The lowest BCUT2D eigenvalue weighted by atomic mass is 9.82. The predicted molar refractivity (Wildman–Crippen MR) is 67.9 cm³/mol. The molecule has 2 aliphatic rings. The van der Waals surface area contributed by atoms with E-state index in [1.54, 1.807) is 11.0 Å². The van der Waals surface area contributed by atoms with Crippen LogP contribution in [0, 0.1) is 11.8 Å². The number of hydrogen-bond donors (Lipinski definition) is 1. The van der Waals surface area contributed by atoms with Crippen molar-refractivity contribution in [1.29, 1.82) is 0 Å². The molecule has 0 aromatic heterocycles. The van der Waals surface area contributed by atoms with Crippen LogP contribution in [0.1, 0.15) is 25.7 Å². The Morgan fingerprint density at radius 3 is 2.39 bits per heavy atom. The Labute approximate surface area is 107 Å². The van der Waals surface area contributed by atoms with Crippen molar-refractivity contribution in [3.05, 3.63) is 24.8 Å². The monoisotopic (exact) mass is 249 g/mol. The summed E-state index contributed by atoms with van der Waals surface area (Å²) in [4.78, 5) is 25.5. The SMILES string of the molecule is C=CCN(C(=O)[C@@H]1CC=CC[C@@H]1C(=O)O)C1CC1. The van der Waals surface area contributed by atoms with Crippen LogP contribution in [0.3, 0.4) is 0 Å². The average molecular weight is 249 g/mol. The quantitative estimate of drug-likeness (QED) is 0.756. The highest BCUT2D eigenvalue weighted by Crippen LogP contribution is 2.33. The summed E-state index contributed by atoms with van der Waals surface area (Å²) in [6.45, 7) is 4.19. The van der Waals surface area contributed by atoms with Crippen LogP contribution >= 0.6 is 0 Å². The molecule has 2 atom stereocenters. The molecule has 1 amide bonds. The Morgan fingerprint density at radius 2 is 1.89 bits per heavy atom. The second kappa shape index (κ2) is 5.38. The van der Waals surface area contributed by atoms with Gasteiger partial charge in [0.1, 0.15) is 0 Å². The zero-order valence-electron chi connectivity index (χ0n) is 10.4. The zero-order chi connectivity index (χ0) is 13.1. The number of carbonyl (C=O) groups excluding carboxylic acids is 1. The summed E-state index contributed by atoms with van der Waals surface area (Å²) in [5.41, 5.74) is 0. The highest BCUT2D eigenvalue weighted by Gasteiger charge is 2.40. The fourth-order valence-corrected chi connectivity index (χ4v) is 2.52. The average Bonchev–Trinajstić information content (AvgIpc) is 3.19. The van der Waals surface area contributed by atoms with Gasteiger partial charge < -0.3 is 10.0 Å². The van der Waals surface area contributed by atoms with Crippen molar-refractivity contribution in [1.82, 2.24) is 4.90 Å². The van der Waals surface area contributed by atoms with Crippen LogP contribution in [-0.4, -0.2) is 34.5 Å². The van der Waals surface area contributed by atoms with Crippen LogP contribution < -0.4 is 0 Å². The molecule has 4 nitrogen and oxygen atoms in total. The van der Waals surface area contributed by atoms with Gasteiger partial charge in [-0.05, 0) is 25.7 Å². The molecule has 1 fully saturated rings. The van der Waals surface area contributed by atoms with Crippen LogP contribution in [0.15, 0.2) is 24.8 Å². The second-order valence-corrected chi connectivity index (χ2v) is 5.00. The Balaban J connectivity index is 2.11. The Morgan fingerprint density at radius 1 is 1.28 bits per heavy atom. The summed E-state index contributed by atoms with van der Waals surface area (Å²) in [6.07, 6.45) is 8.54. The van der Waals surface area contributed by atoms with Crippen LogP contribution in [0.25, 0.3) is 0 Å². The molecule has 98 valence electrons. The fourth-order valence-electron chi connectivity index (χ4n) is 2.52. The zero-order valence-corrected chi connectivity index (χ0v) is 10.4. The van der Waals surface area contributed by atoms with Gasteiger partial charge in [-0.25, -0.2) is 0 Å². The van der Waals surface area contributed by atoms with E-state index in [2.05, 4.69) is 6.58 Å². The van der Waals surface area contributed by atoms with Crippen molar-refractivity contribution in [2.45, 2.75) is 31.7 Å². The van der Waals surface area contributed by atoms with E-state index in [4.69, 9.17) is 0 Å². The number of carbonyl (C=O) groups is 2. The summed E-state index contributed by atoms with van der Waals surface area (Å²) in [7, 11) is 0. The molecule has 2 rings (SSSR count). The summed E-state index contributed by atoms with van der Waals surface area (Å²) >= 11 is 0. The van der Waals surface area contributed by atoms with Crippen LogP contribution in [0.2, 0.25) is 0 Å². The topological polar surface area (TPSA) is 57.6 Å². The molecular formula is C14H19NO3. The van der Waals surface area contributed by atoms with E-state index in [1.165, 1.54) is 0 Å². The smallest absolute Gasteiger partial charge is 0.307 e. The molecule has 0 spiro atoms. The van der Waals surface area contributed by atoms with E-state index in [1.807, 2.05) is 12.2 Å². The number of nitrogens with zero attached hydrogens (tertiary/aromatic N) is 1. The molecule has 0 aromatic carbocycles. The lowest BCUT2D eigenvalue weighted by Gasteiger charge is -2.30. The predicted octanol–water partition coefficient (Wildman–Crippen LogP) is 1.83. The van der Waals surface area contributed by atoms with Gasteiger partial charge in [-0.1, -0.05) is 18.2 Å². The Bertz CT molecular complexity index is 385. The van der Waals surface area contributed by atoms with Crippen LogP contribution in [0.4, 0.5) is 0 Å². The van der Waals surface area contributed by atoms with Crippen molar-refractivity contribution in [3.63, 3.8) is 0 Å². The Kier molecular flexibility index (Phi) is 3.84. The lowest BCUT2D eigenvalue weighted by molar-refractivity contribution is -0.150. The number of carboxylic acid groups (broad SMARTS) is 1. The third-order valence-corrected chi connectivity index (χ3v) is 3.66. The molecule has 2 aliphatic carbocycles. The molecule has 0 aliphatic heterocycles. The normalized spacial score (nSPS) is 26.7. The van der Waals surface area contributed by atoms with Crippen LogP contribution in [-0.2, 0) is 9.59 Å². The molecule has 0 aromatic rings. The summed E-state index contributed by atoms with van der Waals surface area (Å²) in [5, 5.41) is 9.20. The number of allylic oxidation sites excluding steroid dienone is 2. The molecule has 18 heavy (non-hydrogen) atoms. The first-order valence-corrected chi connectivity index (χ1v) is 6.44. The largest absolute Gasteiger partial charge is 0.481 e. The first-order valence-electron chi connectivity index (χ1n) is 6.44. The first kappa shape index (κ1) is 12.9.